The summed E-state index contributed by atoms with van der Waals surface area (Å²) in [6.07, 6.45) is 0.940. The van der Waals surface area contributed by atoms with E-state index >= 15 is 0 Å². The van der Waals surface area contributed by atoms with Crippen molar-refractivity contribution in [2.45, 2.75) is 19.9 Å². The summed E-state index contributed by atoms with van der Waals surface area (Å²) in [5.74, 6) is -0.143. The van der Waals surface area contributed by atoms with Crippen molar-refractivity contribution >= 4 is 27.4 Å². The Morgan fingerprint density at radius 3 is 2.81 bits per heavy atom. The number of fused-ring (bicyclic) bond motifs is 1. The molecule has 0 fully saturated rings. The van der Waals surface area contributed by atoms with Gasteiger partial charge in [-0.25, -0.2) is 4.39 Å². The smallest absolute Gasteiger partial charge is 0.159 e. The summed E-state index contributed by atoms with van der Waals surface area (Å²) in [6.45, 7) is 3.23. The number of hydrogen-bond donors (Lipinski definition) is 0. The Bertz CT molecular complexity index is 714. The van der Waals surface area contributed by atoms with Crippen LogP contribution in [0.4, 0.5) is 10.1 Å². The van der Waals surface area contributed by atoms with Gasteiger partial charge in [-0.15, -0.1) is 0 Å². The molecule has 0 unspecified atom stereocenters. The Kier molecular flexibility index (Phi) is 3.81. The molecule has 2 nitrogen and oxygen atoms in total. The molecule has 3 rings (SSSR count). The minimum Gasteiger partial charge on any atom is -0.367 e. The van der Waals surface area contributed by atoms with Gasteiger partial charge in [0, 0.05) is 28.8 Å². The molecule has 0 aliphatic carbocycles. The monoisotopic (exact) mass is 347 g/mol. The highest BCUT2D eigenvalue weighted by Crippen LogP contribution is 2.31. The molecule has 0 bridgehead atoms. The van der Waals surface area contributed by atoms with Crippen molar-refractivity contribution in [3.05, 3.63) is 63.4 Å². The number of carbonyl (C=O) groups is 1. The molecule has 4 heteroatoms. The number of benzene rings is 2. The predicted octanol–water partition coefficient (Wildman–Crippen LogP) is 4.35. The number of nitrogens with zero attached hydrogens (tertiary/aromatic N) is 1. The van der Waals surface area contributed by atoms with Crippen LogP contribution in [-0.2, 0) is 13.0 Å². The maximum absolute atomic E-state index is 13.1. The number of Topliss-reactive ketones (excluding diaryl/α,β-unsaturated/α-hetero) is 1. The molecule has 21 heavy (non-hydrogen) atoms. The van der Waals surface area contributed by atoms with Gasteiger partial charge in [0.25, 0.3) is 0 Å². The van der Waals surface area contributed by atoms with Crippen LogP contribution < -0.4 is 4.90 Å². The van der Waals surface area contributed by atoms with Gasteiger partial charge in [-0.3, -0.25) is 4.79 Å². The summed E-state index contributed by atoms with van der Waals surface area (Å²) in [5.41, 5.74) is 4.19. The van der Waals surface area contributed by atoms with E-state index < -0.39 is 0 Å². The molecule has 2 aromatic rings. The number of halogens is 2. The van der Waals surface area contributed by atoms with Gasteiger partial charge in [0.05, 0.1) is 0 Å². The molecule has 0 atom stereocenters. The zero-order chi connectivity index (χ0) is 15.0. The topological polar surface area (TPSA) is 20.3 Å². The Labute approximate surface area is 131 Å². The van der Waals surface area contributed by atoms with E-state index in [2.05, 4.69) is 20.8 Å². The number of rotatable bonds is 3. The van der Waals surface area contributed by atoms with Gasteiger partial charge >= 0.3 is 0 Å². The lowest BCUT2D eigenvalue weighted by molar-refractivity contribution is 0.101. The fourth-order valence-corrected chi connectivity index (χ4v) is 3.19. The number of ketones is 1. The first kappa shape index (κ1) is 14.3. The largest absolute Gasteiger partial charge is 0.367 e. The highest BCUT2D eigenvalue weighted by Gasteiger charge is 2.20. The first-order valence-electron chi connectivity index (χ1n) is 6.87. The van der Waals surface area contributed by atoms with Crippen LogP contribution in [0.25, 0.3) is 0 Å². The summed E-state index contributed by atoms with van der Waals surface area (Å²) in [5, 5.41) is 0. The quantitative estimate of drug-likeness (QED) is 0.769. The average molecular weight is 348 g/mol. The number of anilines is 1. The molecule has 0 spiro atoms. The first-order valence-corrected chi connectivity index (χ1v) is 7.66. The van der Waals surface area contributed by atoms with E-state index in [-0.39, 0.29) is 11.6 Å². The molecule has 0 saturated carbocycles. The van der Waals surface area contributed by atoms with E-state index in [1.165, 1.54) is 17.7 Å². The van der Waals surface area contributed by atoms with Gasteiger partial charge in [-0.05, 0) is 54.8 Å². The summed E-state index contributed by atoms with van der Waals surface area (Å²) in [6, 6.07) is 10.6. The second-order valence-electron chi connectivity index (χ2n) is 5.31. The molecular weight excluding hydrogens is 333 g/mol. The van der Waals surface area contributed by atoms with Crippen molar-refractivity contribution in [3.8, 4) is 0 Å². The maximum atomic E-state index is 13.1. The van der Waals surface area contributed by atoms with Gasteiger partial charge in [0.1, 0.15) is 5.82 Å². The third-order valence-corrected chi connectivity index (χ3v) is 4.59. The molecule has 0 N–H and O–H groups in total. The van der Waals surface area contributed by atoms with E-state index in [9.17, 15) is 9.18 Å². The first-order chi connectivity index (χ1) is 10.0. The fourth-order valence-electron chi connectivity index (χ4n) is 2.71. The molecule has 1 aliphatic heterocycles. The van der Waals surface area contributed by atoms with Crippen molar-refractivity contribution in [3.63, 3.8) is 0 Å². The van der Waals surface area contributed by atoms with Gasteiger partial charge in [-0.1, -0.05) is 22.0 Å². The van der Waals surface area contributed by atoms with Gasteiger partial charge in [0.2, 0.25) is 0 Å². The standard InChI is InChI=1S/C17H15BrFNO/c1-11(21)12-3-5-17-13(8-12)6-7-20(17)10-14-2-4-15(19)9-16(14)18/h2-5,8-9H,6-7,10H2,1H3. The average Bonchev–Trinajstić information content (AvgIpc) is 2.84. The lowest BCUT2D eigenvalue weighted by Crippen LogP contribution is -2.19. The molecule has 1 aliphatic rings. The molecule has 0 aromatic heterocycles. The van der Waals surface area contributed by atoms with Gasteiger partial charge in [-0.2, -0.15) is 0 Å². The van der Waals surface area contributed by atoms with Crippen LogP contribution in [0.15, 0.2) is 40.9 Å². The van der Waals surface area contributed by atoms with E-state index in [0.717, 1.165) is 40.8 Å². The SMILES string of the molecule is CC(=O)c1ccc2c(c1)CCN2Cc1ccc(F)cc1Br. The van der Waals surface area contributed by atoms with Crippen molar-refractivity contribution in [2.75, 3.05) is 11.4 Å². The van der Waals surface area contributed by atoms with Crippen molar-refractivity contribution in [1.82, 2.24) is 0 Å². The summed E-state index contributed by atoms with van der Waals surface area (Å²) < 4.78 is 13.9. The zero-order valence-corrected chi connectivity index (χ0v) is 13.3. The van der Waals surface area contributed by atoms with E-state index in [0.29, 0.717) is 0 Å². The lowest BCUT2D eigenvalue weighted by atomic mass is 10.1. The summed E-state index contributed by atoms with van der Waals surface area (Å²) >= 11 is 3.41. The Morgan fingerprint density at radius 2 is 2.10 bits per heavy atom. The minimum atomic E-state index is -0.237. The molecule has 0 saturated heterocycles. The Balaban J connectivity index is 1.86. The predicted molar refractivity (Wildman–Crippen MR) is 85.3 cm³/mol. The van der Waals surface area contributed by atoms with Crippen LogP contribution in [-0.4, -0.2) is 12.3 Å². The van der Waals surface area contributed by atoms with Crippen LogP contribution in [0.1, 0.15) is 28.4 Å². The van der Waals surface area contributed by atoms with Crippen LogP contribution in [0.2, 0.25) is 0 Å². The van der Waals surface area contributed by atoms with Crippen LogP contribution in [0, 0.1) is 5.82 Å². The van der Waals surface area contributed by atoms with Crippen LogP contribution in [0.3, 0.4) is 0 Å². The van der Waals surface area contributed by atoms with Gasteiger partial charge in [0.15, 0.2) is 5.78 Å². The second-order valence-corrected chi connectivity index (χ2v) is 6.16. The second kappa shape index (κ2) is 5.60. The highest BCUT2D eigenvalue weighted by atomic mass is 79.9. The summed E-state index contributed by atoms with van der Waals surface area (Å²) in [7, 11) is 0. The minimum absolute atomic E-state index is 0.0949. The highest BCUT2D eigenvalue weighted by molar-refractivity contribution is 9.10. The third kappa shape index (κ3) is 2.86. The van der Waals surface area contributed by atoms with Crippen molar-refractivity contribution < 1.29 is 9.18 Å². The third-order valence-electron chi connectivity index (χ3n) is 3.85. The van der Waals surface area contributed by atoms with Crippen molar-refractivity contribution in [2.24, 2.45) is 0 Å². The van der Waals surface area contributed by atoms with Crippen LogP contribution >= 0.6 is 15.9 Å². The fraction of sp³-hybridized carbons (Fsp3) is 0.235. The number of hydrogen-bond acceptors (Lipinski definition) is 2. The van der Waals surface area contributed by atoms with E-state index in [1.54, 1.807) is 13.0 Å². The Morgan fingerprint density at radius 1 is 1.29 bits per heavy atom. The normalized spacial score (nSPS) is 13.4. The van der Waals surface area contributed by atoms with E-state index in [1.807, 2.05) is 18.2 Å². The molecular formula is C17H15BrFNO. The summed E-state index contributed by atoms with van der Waals surface area (Å²) in [4.78, 5) is 13.7. The maximum Gasteiger partial charge on any atom is 0.159 e. The molecule has 2 aromatic carbocycles. The molecule has 0 radical (unpaired) electrons. The van der Waals surface area contributed by atoms with E-state index in [4.69, 9.17) is 0 Å². The molecule has 108 valence electrons. The number of carbonyl (C=O) groups excluding carboxylic acids is 1. The zero-order valence-electron chi connectivity index (χ0n) is 11.7. The van der Waals surface area contributed by atoms with Crippen molar-refractivity contribution in [1.29, 1.82) is 0 Å². The molecule has 1 heterocycles. The Hall–Kier alpha value is -1.68. The lowest BCUT2D eigenvalue weighted by Gasteiger charge is -2.20. The van der Waals surface area contributed by atoms with Gasteiger partial charge < -0.3 is 4.90 Å². The molecule has 0 amide bonds. The van der Waals surface area contributed by atoms with Crippen LogP contribution in [0.5, 0.6) is 0 Å².